The van der Waals surface area contributed by atoms with Gasteiger partial charge in [-0.1, -0.05) is 18.2 Å². The Hall–Kier alpha value is -2.97. The second-order valence-electron chi connectivity index (χ2n) is 4.26. The first-order valence-electron chi connectivity index (χ1n) is 6.29. The summed E-state index contributed by atoms with van der Waals surface area (Å²) in [7, 11) is 1.33. The summed E-state index contributed by atoms with van der Waals surface area (Å²) in [5, 5.41) is 15.0. The van der Waals surface area contributed by atoms with Crippen LogP contribution in [0.3, 0.4) is 0 Å². The van der Waals surface area contributed by atoms with Crippen LogP contribution in [0, 0.1) is 10.1 Å². The number of carbonyl (C=O) groups excluding carboxylic acids is 3. The molecular formula is C13H15N3O6. The summed E-state index contributed by atoms with van der Waals surface area (Å²) in [6.07, 6.45) is -1.55. The van der Waals surface area contributed by atoms with Crippen molar-refractivity contribution < 1.29 is 24.0 Å². The smallest absolute Gasteiger partial charge is 0.321 e. The zero-order valence-electron chi connectivity index (χ0n) is 12.0. The van der Waals surface area contributed by atoms with Gasteiger partial charge in [-0.2, -0.15) is 0 Å². The van der Waals surface area contributed by atoms with Crippen molar-refractivity contribution >= 4 is 23.6 Å². The Bertz CT molecular complexity index is 601. The minimum atomic E-state index is -1.20. The van der Waals surface area contributed by atoms with E-state index >= 15 is 0 Å². The number of nitro groups is 1. The van der Waals surface area contributed by atoms with Gasteiger partial charge in [-0.25, -0.2) is 4.79 Å². The number of para-hydroxylation sites is 1. The van der Waals surface area contributed by atoms with Gasteiger partial charge in [0.1, 0.15) is 0 Å². The first-order chi connectivity index (χ1) is 10.3. The summed E-state index contributed by atoms with van der Waals surface area (Å²) in [5.74, 6) is -1.61. The molecule has 9 nitrogen and oxygen atoms in total. The molecule has 0 radical (unpaired) electrons. The molecule has 2 N–H and O–H groups in total. The standard InChI is InChI=1S/C13H15N3O6/c1-8(12(18)15-13(19)14-2)22-11(17)7-9-5-3-4-6-10(9)16(20)21/h3-6,8H,7H2,1-2H3,(H2,14,15,18,19). The summed E-state index contributed by atoms with van der Waals surface area (Å²) in [6.45, 7) is 1.29. The van der Waals surface area contributed by atoms with Crippen LogP contribution in [0.15, 0.2) is 24.3 Å². The molecule has 0 spiro atoms. The average molecular weight is 309 g/mol. The average Bonchev–Trinajstić information content (AvgIpc) is 2.47. The van der Waals surface area contributed by atoms with E-state index in [0.717, 1.165) is 0 Å². The normalized spacial score (nSPS) is 11.2. The van der Waals surface area contributed by atoms with Gasteiger partial charge in [0.25, 0.3) is 11.6 Å². The molecule has 0 aliphatic carbocycles. The number of ether oxygens (including phenoxy) is 1. The van der Waals surface area contributed by atoms with Gasteiger partial charge in [0, 0.05) is 18.7 Å². The van der Waals surface area contributed by atoms with Gasteiger partial charge in [0.05, 0.1) is 11.3 Å². The van der Waals surface area contributed by atoms with Crippen LogP contribution in [0.4, 0.5) is 10.5 Å². The summed E-state index contributed by atoms with van der Waals surface area (Å²) in [6, 6.07) is 4.99. The van der Waals surface area contributed by atoms with Gasteiger partial charge in [-0.3, -0.25) is 25.0 Å². The van der Waals surface area contributed by atoms with Crippen LogP contribution in [0.25, 0.3) is 0 Å². The number of amides is 3. The summed E-state index contributed by atoms with van der Waals surface area (Å²) in [4.78, 5) is 44.4. The fourth-order valence-electron chi connectivity index (χ4n) is 1.56. The molecule has 0 bridgehead atoms. The fraction of sp³-hybridized carbons (Fsp3) is 0.308. The number of imide groups is 1. The number of nitrogens with one attached hydrogen (secondary N) is 2. The Labute approximate surface area is 125 Å². The Balaban J connectivity index is 2.65. The highest BCUT2D eigenvalue weighted by molar-refractivity contribution is 5.97. The van der Waals surface area contributed by atoms with E-state index in [2.05, 4.69) is 5.32 Å². The minimum Gasteiger partial charge on any atom is -0.452 e. The Morgan fingerprint density at radius 1 is 1.32 bits per heavy atom. The molecule has 22 heavy (non-hydrogen) atoms. The van der Waals surface area contributed by atoms with E-state index in [0.29, 0.717) is 0 Å². The molecule has 0 aliphatic heterocycles. The van der Waals surface area contributed by atoms with E-state index < -0.39 is 28.9 Å². The summed E-state index contributed by atoms with van der Waals surface area (Å²) >= 11 is 0. The van der Waals surface area contributed by atoms with Crippen molar-refractivity contribution in [1.29, 1.82) is 0 Å². The second-order valence-corrected chi connectivity index (χ2v) is 4.26. The molecule has 118 valence electrons. The number of hydrogen-bond acceptors (Lipinski definition) is 6. The molecule has 0 aliphatic rings. The van der Waals surface area contributed by atoms with E-state index in [1.54, 1.807) is 6.07 Å². The number of hydrogen-bond donors (Lipinski definition) is 2. The van der Waals surface area contributed by atoms with Crippen LogP contribution < -0.4 is 10.6 Å². The van der Waals surface area contributed by atoms with Gasteiger partial charge in [-0.05, 0) is 6.92 Å². The van der Waals surface area contributed by atoms with Crippen molar-refractivity contribution in [3.05, 3.63) is 39.9 Å². The largest absolute Gasteiger partial charge is 0.452 e. The number of esters is 1. The zero-order valence-corrected chi connectivity index (χ0v) is 12.0. The summed E-state index contributed by atoms with van der Waals surface area (Å²) in [5.41, 5.74) is -0.0293. The third kappa shape index (κ3) is 4.85. The zero-order chi connectivity index (χ0) is 16.7. The van der Waals surface area contributed by atoms with Gasteiger partial charge in [-0.15, -0.1) is 0 Å². The topological polar surface area (TPSA) is 128 Å². The fourth-order valence-corrected chi connectivity index (χ4v) is 1.56. The van der Waals surface area contributed by atoms with Crippen LogP contribution in [0.2, 0.25) is 0 Å². The van der Waals surface area contributed by atoms with Crippen LogP contribution in [-0.4, -0.2) is 36.0 Å². The predicted molar refractivity (Wildman–Crippen MR) is 75.0 cm³/mol. The van der Waals surface area contributed by atoms with Crippen molar-refractivity contribution in [2.24, 2.45) is 0 Å². The number of nitrogens with zero attached hydrogens (tertiary/aromatic N) is 1. The number of rotatable bonds is 5. The molecule has 0 aromatic heterocycles. The maximum absolute atomic E-state index is 11.7. The molecule has 0 saturated carbocycles. The molecule has 0 saturated heterocycles. The lowest BCUT2D eigenvalue weighted by molar-refractivity contribution is -0.385. The van der Waals surface area contributed by atoms with Crippen molar-refractivity contribution in [3.8, 4) is 0 Å². The van der Waals surface area contributed by atoms with Crippen molar-refractivity contribution in [2.45, 2.75) is 19.4 Å². The third-order valence-corrected chi connectivity index (χ3v) is 2.66. The second kappa shape index (κ2) is 7.72. The van der Waals surface area contributed by atoms with Gasteiger partial charge in [0.2, 0.25) is 0 Å². The van der Waals surface area contributed by atoms with E-state index in [4.69, 9.17) is 4.74 Å². The first-order valence-corrected chi connectivity index (χ1v) is 6.29. The molecule has 1 aromatic rings. The van der Waals surface area contributed by atoms with E-state index in [1.165, 1.54) is 32.2 Å². The van der Waals surface area contributed by atoms with Crippen molar-refractivity contribution in [2.75, 3.05) is 7.05 Å². The lowest BCUT2D eigenvalue weighted by Gasteiger charge is -2.12. The molecule has 0 fully saturated rings. The molecule has 1 unspecified atom stereocenters. The monoisotopic (exact) mass is 309 g/mol. The Kier molecular flexibility index (Phi) is 5.99. The SMILES string of the molecule is CNC(=O)NC(=O)C(C)OC(=O)Cc1ccccc1[N+](=O)[O-]. The highest BCUT2D eigenvalue weighted by Gasteiger charge is 2.22. The third-order valence-electron chi connectivity index (χ3n) is 2.66. The highest BCUT2D eigenvalue weighted by Crippen LogP contribution is 2.18. The Morgan fingerprint density at radius 2 is 1.95 bits per heavy atom. The van der Waals surface area contributed by atoms with Crippen LogP contribution in [-0.2, 0) is 20.7 Å². The van der Waals surface area contributed by atoms with Crippen LogP contribution in [0.1, 0.15) is 12.5 Å². The maximum Gasteiger partial charge on any atom is 0.321 e. The molecule has 9 heteroatoms. The molecular weight excluding hydrogens is 294 g/mol. The highest BCUT2D eigenvalue weighted by atomic mass is 16.6. The van der Waals surface area contributed by atoms with Crippen molar-refractivity contribution in [1.82, 2.24) is 10.6 Å². The number of carbonyl (C=O) groups is 3. The maximum atomic E-state index is 11.7. The number of nitro benzene ring substituents is 1. The lowest BCUT2D eigenvalue weighted by Crippen LogP contribution is -2.43. The molecule has 1 rings (SSSR count). The van der Waals surface area contributed by atoms with E-state index in [9.17, 15) is 24.5 Å². The lowest BCUT2D eigenvalue weighted by atomic mass is 10.1. The Morgan fingerprint density at radius 3 is 2.55 bits per heavy atom. The predicted octanol–water partition coefficient (Wildman–Crippen LogP) is 0.525. The number of urea groups is 1. The van der Waals surface area contributed by atoms with Gasteiger partial charge >= 0.3 is 12.0 Å². The molecule has 3 amide bonds. The molecule has 0 heterocycles. The minimum absolute atomic E-state index is 0.177. The number of benzene rings is 1. The van der Waals surface area contributed by atoms with Gasteiger partial charge < -0.3 is 10.1 Å². The van der Waals surface area contributed by atoms with E-state index in [-0.39, 0.29) is 17.7 Å². The van der Waals surface area contributed by atoms with Crippen LogP contribution >= 0.6 is 0 Å². The summed E-state index contributed by atoms with van der Waals surface area (Å²) < 4.78 is 4.84. The molecule has 1 atom stereocenters. The quantitative estimate of drug-likeness (QED) is 0.464. The molecule has 1 aromatic carbocycles. The van der Waals surface area contributed by atoms with Crippen LogP contribution in [0.5, 0.6) is 0 Å². The van der Waals surface area contributed by atoms with Crippen molar-refractivity contribution in [3.63, 3.8) is 0 Å². The van der Waals surface area contributed by atoms with E-state index in [1.807, 2.05) is 5.32 Å². The first kappa shape index (κ1) is 17.1. The van der Waals surface area contributed by atoms with Gasteiger partial charge in [0.15, 0.2) is 6.10 Å².